The van der Waals surface area contributed by atoms with Crippen LogP contribution in [-0.2, 0) is 4.79 Å². The maximum Gasteiger partial charge on any atom is 0.303 e. The highest BCUT2D eigenvalue weighted by molar-refractivity contribution is 8.22. The van der Waals surface area contributed by atoms with Crippen LogP contribution in [0, 0.1) is 0 Å². The van der Waals surface area contributed by atoms with Gasteiger partial charge in [-0.1, -0.05) is 12.2 Å². The molecule has 0 radical (unpaired) electrons. The van der Waals surface area contributed by atoms with Gasteiger partial charge in [0.2, 0.25) is 0 Å². The Balaban J connectivity index is 2.08. The summed E-state index contributed by atoms with van der Waals surface area (Å²) in [6, 6.07) is 0. The molecule has 0 amide bonds. The number of aliphatic carboxylic acids is 1. The zero-order chi connectivity index (χ0) is 8.10. The van der Waals surface area contributed by atoms with Crippen LogP contribution in [0.3, 0.4) is 0 Å². The van der Waals surface area contributed by atoms with Gasteiger partial charge in [-0.25, -0.2) is 10.9 Å². The van der Waals surface area contributed by atoms with Crippen LogP contribution in [0.2, 0.25) is 0 Å². The SMILES string of the molecule is O=C(O)CCC[SH]1C=CC=C1. The molecule has 62 valence electrons. The van der Waals surface area contributed by atoms with Gasteiger partial charge in [0, 0.05) is 6.42 Å². The number of carbonyl (C=O) groups is 1. The number of allylic oxidation sites excluding steroid dienone is 2. The Kier molecular flexibility index (Phi) is 3.23. The van der Waals surface area contributed by atoms with Gasteiger partial charge in [-0.2, -0.15) is 0 Å². The van der Waals surface area contributed by atoms with Gasteiger partial charge in [-0.05, 0) is 23.0 Å². The Labute approximate surface area is 69.0 Å². The third-order valence-electron chi connectivity index (χ3n) is 1.47. The van der Waals surface area contributed by atoms with Gasteiger partial charge in [0.25, 0.3) is 0 Å². The summed E-state index contributed by atoms with van der Waals surface area (Å²) < 4.78 is 0. The zero-order valence-corrected chi connectivity index (χ0v) is 7.13. The molecule has 0 aromatic heterocycles. The fourth-order valence-corrected chi connectivity index (χ4v) is 2.49. The van der Waals surface area contributed by atoms with Crippen molar-refractivity contribution in [3.8, 4) is 0 Å². The third-order valence-corrected chi connectivity index (χ3v) is 3.42. The first-order chi connectivity index (χ1) is 5.29. The largest absolute Gasteiger partial charge is 0.481 e. The number of carboxylic acids is 1. The molecule has 0 aliphatic carbocycles. The van der Waals surface area contributed by atoms with E-state index < -0.39 is 5.97 Å². The smallest absolute Gasteiger partial charge is 0.303 e. The maximum atomic E-state index is 10.1. The average Bonchev–Trinajstić information content (AvgIpc) is 2.39. The molecule has 0 fully saturated rings. The predicted molar refractivity (Wildman–Crippen MR) is 49.0 cm³/mol. The summed E-state index contributed by atoms with van der Waals surface area (Å²) in [5.41, 5.74) is 0. The summed E-state index contributed by atoms with van der Waals surface area (Å²) in [5, 5.41) is 12.7. The van der Waals surface area contributed by atoms with E-state index in [0.717, 1.165) is 12.2 Å². The van der Waals surface area contributed by atoms with Crippen molar-refractivity contribution in [2.24, 2.45) is 0 Å². The van der Waals surface area contributed by atoms with Gasteiger partial charge in [0.1, 0.15) is 0 Å². The lowest BCUT2D eigenvalue weighted by Gasteiger charge is -2.06. The van der Waals surface area contributed by atoms with E-state index in [4.69, 9.17) is 5.11 Å². The average molecular weight is 172 g/mol. The van der Waals surface area contributed by atoms with E-state index >= 15 is 0 Å². The molecule has 0 spiro atoms. The lowest BCUT2D eigenvalue weighted by molar-refractivity contribution is -0.137. The highest BCUT2D eigenvalue weighted by atomic mass is 32.2. The van der Waals surface area contributed by atoms with Crippen LogP contribution < -0.4 is 0 Å². The lowest BCUT2D eigenvalue weighted by Crippen LogP contribution is -1.95. The molecule has 0 saturated carbocycles. The molecule has 1 N–H and O–H groups in total. The van der Waals surface area contributed by atoms with Crippen molar-refractivity contribution in [2.75, 3.05) is 5.75 Å². The molecule has 0 unspecified atom stereocenters. The molecule has 0 saturated heterocycles. The second kappa shape index (κ2) is 4.23. The third kappa shape index (κ3) is 3.28. The van der Waals surface area contributed by atoms with E-state index in [1.54, 1.807) is 0 Å². The second-order valence-electron chi connectivity index (χ2n) is 2.42. The van der Waals surface area contributed by atoms with E-state index in [1.165, 1.54) is 0 Å². The van der Waals surface area contributed by atoms with Gasteiger partial charge >= 0.3 is 5.97 Å². The van der Waals surface area contributed by atoms with Crippen LogP contribution in [0.25, 0.3) is 0 Å². The molecule has 1 heterocycles. The number of carboxylic acid groups (broad SMARTS) is 1. The Bertz CT molecular complexity index is 184. The van der Waals surface area contributed by atoms with Gasteiger partial charge < -0.3 is 5.11 Å². The first kappa shape index (κ1) is 8.40. The van der Waals surface area contributed by atoms with Crippen molar-refractivity contribution in [2.45, 2.75) is 12.8 Å². The fraction of sp³-hybridized carbons (Fsp3) is 0.375. The van der Waals surface area contributed by atoms with Crippen molar-refractivity contribution in [3.05, 3.63) is 23.0 Å². The maximum absolute atomic E-state index is 10.1. The zero-order valence-electron chi connectivity index (χ0n) is 6.23. The quantitative estimate of drug-likeness (QED) is 0.635. The molecular weight excluding hydrogens is 160 g/mol. The van der Waals surface area contributed by atoms with Crippen molar-refractivity contribution < 1.29 is 9.90 Å². The van der Waals surface area contributed by atoms with Crippen LogP contribution in [0.5, 0.6) is 0 Å². The van der Waals surface area contributed by atoms with Crippen molar-refractivity contribution in [3.63, 3.8) is 0 Å². The Morgan fingerprint density at radius 2 is 2.00 bits per heavy atom. The highest BCUT2D eigenvalue weighted by Crippen LogP contribution is 2.33. The summed E-state index contributed by atoms with van der Waals surface area (Å²) in [5.74, 6) is 0.335. The normalized spacial score (nSPS) is 17.6. The van der Waals surface area contributed by atoms with Crippen LogP contribution in [0.4, 0.5) is 0 Å². The first-order valence-electron chi connectivity index (χ1n) is 3.61. The summed E-state index contributed by atoms with van der Waals surface area (Å²) in [6.07, 6.45) is 5.18. The second-order valence-corrected chi connectivity index (χ2v) is 4.49. The molecule has 2 nitrogen and oxygen atoms in total. The summed E-state index contributed by atoms with van der Waals surface area (Å²) >= 11 is 0. The molecule has 0 aromatic rings. The van der Waals surface area contributed by atoms with Crippen molar-refractivity contribution >= 4 is 16.9 Å². The number of hydrogen-bond acceptors (Lipinski definition) is 1. The molecule has 0 bridgehead atoms. The van der Waals surface area contributed by atoms with E-state index in [2.05, 4.69) is 10.8 Å². The van der Waals surface area contributed by atoms with E-state index in [-0.39, 0.29) is 10.9 Å². The summed E-state index contributed by atoms with van der Waals surface area (Å²) in [4.78, 5) is 10.1. The molecule has 3 heteroatoms. The number of rotatable bonds is 4. The van der Waals surface area contributed by atoms with E-state index in [1.807, 2.05) is 12.2 Å². The minimum atomic E-state index is -0.688. The lowest BCUT2D eigenvalue weighted by atomic mass is 10.3. The first-order valence-corrected chi connectivity index (χ1v) is 5.28. The van der Waals surface area contributed by atoms with Gasteiger partial charge in [-0.3, -0.25) is 4.79 Å². The van der Waals surface area contributed by atoms with E-state index in [0.29, 0.717) is 6.42 Å². The Hall–Kier alpha value is -0.700. The van der Waals surface area contributed by atoms with Gasteiger partial charge in [-0.15, -0.1) is 0 Å². The Morgan fingerprint density at radius 3 is 2.55 bits per heavy atom. The number of thiol groups is 1. The summed E-state index contributed by atoms with van der Waals surface area (Å²) in [7, 11) is -0.100. The summed E-state index contributed by atoms with van der Waals surface area (Å²) in [6.45, 7) is 0. The van der Waals surface area contributed by atoms with Crippen LogP contribution >= 0.6 is 10.9 Å². The highest BCUT2D eigenvalue weighted by Gasteiger charge is 2.01. The monoisotopic (exact) mass is 172 g/mol. The minimum Gasteiger partial charge on any atom is -0.481 e. The topological polar surface area (TPSA) is 37.3 Å². The van der Waals surface area contributed by atoms with Gasteiger partial charge in [0.05, 0.1) is 0 Å². The molecule has 1 rings (SSSR count). The molecular formula is C8H12O2S. The predicted octanol–water partition coefficient (Wildman–Crippen LogP) is 1.89. The van der Waals surface area contributed by atoms with Crippen molar-refractivity contribution in [1.82, 2.24) is 0 Å². The van der Waals surface area contributed by atoms with Crippen molar-refractivity contribution in [1.29, 1.82) is 0 Å². The number of hydrogen-bond donors (Lipinski definition) is 2. The minimum absolute atomic E-state index is 0.100. The van der Waals surface area contributed by atoms with Crippen LogP contribution in [0.15, 0.2) is 23.0 Å². The fourth-order valence-electron chi connectivity index (χ4n) is 0.932. The molecule has 0 aromatic carbocycles. The standard InChI is InChI=1S/C8H12O2S/c9-8(10)4-3-7-11-5-1-2-6-11/h1-2,5-6,11H,3-4,7H2,(H,9,10). The molecule has 1 aliphatic heterocycles. The Morgan fingerprint density at radius 1 is 1.36 bits per heavy atom. The van der Waals surface area contributed by atoms with Gasteiger partial charge in [0.15, 0.2) is 0 Å². The van der Waals surface area contributed by atoms with Crippen LogP contribution in [-0.4, -0.2) is 16.8 Å². The van der Waals surface area contributed by atoms with Crippen LogP contribution in [0.1, 0.15) is 12.8 Å². The van der Waals surface area contributed by atoms with E-state index in [9.17, 15) is 4.79 Å². The molecule has 11 heavy (non-hydrogen) atoms. The molecule has 0 atom stereocenters. The molecule has 1 aliphatic rings.